The average Bonchev–Trinajstić information content (AvgIpc) is 2.91. The van der Waals surface area contributed by atoms with Gasteiger partial charge in [0.15, 0.2) is 0 Å². The Morgan fingerprint density at radius 2 is 1.90 bits per heavy atom. The first-order chi connectivity index (χ1) is 9.51. The second-order valence-electron chi connectivity index (χ2n) is 6.01. The lowest BCUT2D eigenvalue weighted by molar-refractivity contribution is 0.287. The molecule has 0 fully saturated rings. The number of nitrogens with two attached hydrogens (primary N) is 1. The van der Waals surface area contributed by atoms with Crippen molar-refractivity contribution in [1.82, 2.24) is 14.5 Å². The van der Waals surface area contributed by atoms with Gasteiger partial charge in [0, 0.05) is 18.3 Å². The van der Waals surface area contributed by atoms with Crippen molar-refractivity contribution >= 4 is 0 Å². The molecule has 116 valence electrons. The first-order valence-electron chi connectivity index (χ1n) is 8.00. The fourth-order valence-electron chi connectivity index (χ4n) is 2.57. The van der Waals surface area contributed by atoms with Gasteiger partial charge in [-0.3, -0.25) is 0 Å². The second-order valence-corrected chi connectivity index (χ2v) is 6.01. The lowest BCUT2D eigenvalue weighted by Crippen LogP contribution is -2.25. The SMILES string of the molecule is CCN(CC)CCCC(C)n1cncc1C(N)C(C)C. The van der Waals surface area contributed by atoms with E-state index in [-0.39, 0.29) is 6.04 Å². The second kappa shape index (κ2) is 8.42. The van der Waals surface area contributed by atoms with Crippen LogP contribution in [0.1, 0.15) is 65.2 Å². The van der Waals surface area contributed by atoms with E-state index < -0.39 is 0 Å². The minimum absolute atomic E-state index is 0.0720. The van der Waals surface area contributed by atoms with Crippen LogP contribution in [0.4, 0.5) is 0 Å². The van der Waals surface area contributed by atoms with Gasteiger partial charge in [-0.2, -0.15) is 0 Å². The van der Waals surface area contributed by atoms with Gasteiger partial charge in [-0.05, 0) is 45.3 Å². The van der Waals surface area contributed by atoms with E-state index in [9.17, 15) is 0 Å². The number of imidazole rings is 1. The summed E-state index contributed by atoms with van der Waals surface area (Å²) >= 11 is 0. The number of hydrogen-bond acceptors (Lipinski definition) is 3. The maximum absolute atomic E-state index is 6.27. The van der Waals surface area contributed by atoms with Gasteiger partial charge >= 0.3 is 0 Å². The molecule has 0 aliphatic heterocycles. The lowest BCUT2D eigenvalue weighted by atomic mass is 10.0. The summed E-state index contributed by atoms with van der Waals surface area (Å²) in [5, 5.41) is 0. The summed E-state index contributed by atoms with van der Waals surface area (Å²) in [5.41, 5.74) is 7.43. The van der Waals surface area contributed by atoms with Gasteiger partial charge in [-0.25, -0.2) is 4.98 Å². The highest BCUT2D eigenvalue weighted by atomic mass is 15.1. The van der Waals surface area contributed by atoms with Crippen molar-refractivity contribution in [2.45, 2.75) is 59.5 Å². The quantitative estimate of drug-likeness (QED) is 0.755. The maximum atomic E-state index is 6.27. The third kappa shape index (κ3) is 4.60. The Kier molecular flexibility index (Phi) is 7.24. The molecule has 1 rings (SSSR count). The van der Waals surface area contributed by atoms with Crippen molar-refractivity contribution in [1.29, 1.82) is 0 Å². The molecule has 2 atom stereocenters. The van der Waals surface area contributed by atoms with E-state index in [1.165, 1.54) is 19.4 Å². The number of hydrogen-bond donors (Lipinski definition) is 1. The molecule has 4 nitrogen and oxygen atoms in total. The summed E-state index contributed by atoms with van der Waals surface area (Å²) in [5.74, 6) is 0.438. The fraction of sp³-hybridized carbons (Fsp3) is 0.812. The van der Waals surface area contributed by atoms with E-state index in [2.05, 4.69) is 49.1 Å². The fourth-order valence-corrected chi connectivity index (χ4v) is 2.57. The highest BCUT2D eigenvalue weighted by Crippen LogP contribution is 2.23. The summed E-state index contributed by atoms with van der Waals surface area (Å²) in [6.45, 7) is 14.5. The summed E-state index contributed by atoms with van der Waals surface area (Å²) in [4.78, 5) is 6.77. The Labute approximate surface area is 124 Å². The zero-order chi connectivity index (χ0) is 15.1. The number of nitrogens with zero attached hydrogens (tertiary/aromatic N) is 3. The van der Waals surface area contributed by atoms with Crippen LogP contribution in [0.5, 0.6) is 0 Å². The molecule has 1 aromatic rings. The van der Waals surface area contributed by atoms with Crippen molar-refractivity contribution in [3.8, 4) is 0 Å². The lowest BCUT2D eigenvalue weighted by Gasteiger charge is -2.23. The zero-order valence-corrected chi connectivity index (χ0v) is 13.8. The van der Waals surface area contributed by atoms with Crippen LogP contribution in [0.15, 0.2) is 12.5 Å². The first kappa shape index (κ1) is 17.2. The van der Waals surface area contributed by atoms with Crippen LogP contribution >= 0.6 is 0 Å². The van der Waals surface area contributed by atoms with Crippen LogP contribution in [0.2, 0.25) is 0 Å². The van der Waals surface area contributed by atoms with Crippen LogP contribution in [0.3, 0.4) is 0 Å². The maximum Gasteiger partial charge on any atom is 0.0951 e. The minimum atomic E-state index is 0.0720. The van der Waals surface area contributed by atoms with Crippen LogP contribution in [0, 0.1) is 5.92 Å². The summed E-state index contributed by atoms with van der Waals surface area (Å²) in [6.07, 6.45) is 6.24. The van der Waals surface area contributed by atoms with Gasteiger partial charge in [0.05, 0.1) is 12.0 Å². The first-order valence-corrected chi connectivity index (χ1v) is 8.00. The van der Waals surface area contributed by atoms with Crippen molar-refractivity contribution in [3.63, 3.8) is 0 Å². The van der Waals surface area contributed by atoms with Crippen LogP contribution in [-0.2, 0) is 0 Å². The predicted octanol–water partition coefficient (Wildman–Crippen LogP) is 3.22. The van der Waals surface area contributed by atoms with Gasteiger partial charge in [-0.1, -0.05) is 27.7 Å². The van der Waals surface area contributed by atoms with Crippen molar-refractivity contribution in [2.75, 3.05) is 19.6 Å². The Morgan fingerprint density at radius 3 is 2.45 bits per heavy atom. The third-order valence-electron chi connectivity index (χ3n) is 4.22. The van der Waals surface area contributed by atoms with E-state index in [1.807, 2.05) is 12.5 Å². The van der Waals surface area contributed by atoms with Gasteiger partial charge in [-0.15, -0.1) is 0 Å². The van der Waals surface area contributed by atoms with Crippen LogP contribution in [0.25, 0.3) is 0 Å². The molecule has 0 spiro atoms. The van der Waals surface area contributed by atoms with E-state index in [4.69, 9.17) is 5.73 Å². The van der Waals surface area contributed by atoms with Crippen LogP contribution in [-0.4, -0.2) is 34.1 Å². The van der Waals surface area contributed by atoms with Gasteiger partial charge in [0.1, 0.15) is 0 Å². The molecule has 2 N–H and O–H groups in total. The van der Waals surface area contributed by atoms with Gasteiger partial charge in [0.2, 0.25) is 0 Å². The highest BCUT2D eigenvalue weighted by molar-refractivity contribution is 5.06. The molecule has 0 radical (unpaired) electrons. The van der Waals surface area contributed by atoms with Crippen molar-refractivity contribution in [3.05, 3.63) is 18.2 Å². The molecule has 1 aromatic heterocycles. The summed E-state index contributed by atoms with van der Waals surface area (Å²) in [6, 6.07) is 0.538. The highest BCUT2D eigenvalue weighted by Gasteiger charge is 2.17. The number of aromatic nitrogens is 2. The Morgan fingerprint density at radius 1 is 1.25 bits per heavy atom. The van der Waals surface area contributed by atoms with Gasteiger partial charge < -0.3 is 15.2 Å². The standard InChI is InChI=1S/C16H32N4/c1-6-19(7-2)10-8-9-14(5)20-12-18-11-15(20)16(17)13(3)4/h11-14,16H,6-10,17H2,1-5H3. The number of rotatable bonds is 9. The Hall–Kier alpha value is -0.870. The predicted molar refractivity (Wildman–Crippen MR) is 85.7 cm³/mol. The summed E-state index contributed by atoms with van der Waals surface area (Å²) in [7, 11) is 0. The normalized spacial score (nSPS) is 15.0. The molecule has 0 saturated heterocycles. The molecule has 0 amide bonds. The smallest absolute Gasteiger partial charge is 0.0951 e. The third-order valence-corrected chi connectivity index (χ3v) is 4.22. The molecule has 0 aliphatic rings. The molecular formula is C16H32N4. The van der Waals surface area contributed by atoms with Crippen molar-refractivity contribution in [2.24, 2.45) is 11.7 Å². The largest absolute Gasteiger partial charge is 0.330 e. The van der Waals surface area contributed by atoms with E-state index in [0.29, 0.717) is 12.0 Å². The molecule has 0 aliphatic carbocycles. The zero-order valence-electron chi connectivity index (χ0n) is 13.8. The molecule has 0 saturated carbocycles. The van der Waals surface area contributed by atoms with Crippen molar-refractivity contribution < 1.29 is 0 Å². The summed E-state index contributed by atoms with van der Waals surface area (Å²) < 4.78 is 2.26. The van der Waals surface area contributed by atoms with E-state index in [1.54, 1.807) is 0 Å². The molecule has 1 heterocycles. The molecule has 4 heteroatoms. The molecular weight excluding hydrogens is 248 g/mol. The van der Waals surface area contributed by atoms with E-state index in [0.717, 1.165) is 18.8 Å². The minimum Gasteiger partial charge on any atom is -0.330 e. The monoisotopic (exact) mass is 280 g/mol. The Bertz CT molecular complexity index is 368. The van der Waals surface area contributed by atoms with Crippen LogP contribution < -0.4 is 5.73 Å². The molecule has 2 unspecified atom stereocenters. The molecule has 0 bridgehead atoms. The van der Waals surface area contributed by atoms with Gasteiger partial charge in [0.25, 0.3) is 0 Å². The molecule has 20 heavy (non-hydrogen) atoms. The average molecular weight is 280 g/mol. The topological polar surface area (TPSA) is 47.1 Å². The van der Waals surface area contributed by atoms with E-state index >= 15 is 0 Å². The Balaban J connectivity index is 2.56. The molecule has 0 aromatic carbocycles.